The molecule has 172 valence electrons. The first-order valence-electron chi connectivity index (χ1n) is 12.9. The van der Waals surface area contributed by atoms with Crippen molar-refractivity contribution in [2.24, 2.45) is 0 Å². The number of hydrogen-bond acceptors (Lipinski definition) is 2. The highest BCUT2D eigenvalue weighted by atomic mass is 15.4. The normalized spacial score (nSPS) is 10.9. The number of benzene rings is 2. The maximum absolute atomic E-state index is 3.36. The lowest BCUT2D eigenvalue weighted by Gasteiger charge is -2.13. The van der Waals surface area contributed by atoms with Gasteiger partial charge in [0.2, 0.25) is 0 Å². The second-order valence-corrected chi connectivity index (χ2v) is 9.12. The molecule has 0 saturated heterocycles. The number of unbranched alkanes of at least 4 members (excludes halogenated alkanes) is 10. The Hall–Kier alpha value is -1.96. The summed E-state index contributed by atoms with van der Waals surface area (Å²) in [6.45, 7) is 6.78. The Bertz CT molecular complexity index is 705. The molecule has 0 radical (unpaired) electrons. The molecule has 0 spiro atoms. The van der Waals surface area contributed by atoms with Crippen LogP contribution in [-0.4, -0.2) is 0 Å². The Balaban J connectivity index is 1.68. The fraction of sp³-hybridized carbons (Fsp3) is 0.586. The first-order chi connectivity index (χ1) is 15.2. The highest BCUT2D eigenvalue weighted by molar-refractivity contribution is 5.55. The van der Waals surface area contributed by atoms with Crippen molar-refractivity contribution < 1.29 is 0 Å². The van der Waals surface area contributed by atoms with Crippen molar-refractivity contribution in [3.05, 3.63) is 59.2 Å². The SMILES string of the molecule is CCCCCCCCc1ccc(NNc2ccc(CCCCCCCC)c(C)c2)cc1. The molecule has 31 heavy (non-hydrogen) atoms. The van der Waals surface area contributed by atoms with E-state index in [1.807, 2.05) is 0 Å². The average molecular weight is 423 g/mol. The predicted molar refractivity (Wildman–Crippen MR) is 139 cm³/mol. The van der Waals surface area contributed by atoms with Crippen LogP contribution in [0, 0.1) is 6.92 Å². The molecule has 2 nitrogen and oxygen atoms in total. The van der Waals surface area contributed by atoms with Crippen molar-refractivity contribution in [1.29, 1.82) is 0 Å². The van der Waals surface area contributed by atoms with E-state index in [9.17, 15) is 0 Å². The summed E-state index contributed by atoms with van der Waals surface area (Å²) in [5.41, 5.74) is 13.3. The number of hydrazine groups is 1. The number of nitrogens with one attached hydrogen (secondary N) is 2. The lowest BCUT2D eigenvalue weighted by atomic mass is 10.0. The van der Waals surface area contributed by atoms with Crippen molar-refractivity contribution in [2.45, 2.75) is 111 Å². The summed E-state index contributed by atoms with van der Waals surface area (Å²) in [6.07, 6.45) is 18.7. The summed E-state index contributed by atoms with van der Waals surface area (Å²) >= 11 is 0. The second kappa shape index (κ2) is 15.8. The van der Waals surface area contributed by atoms with E-state index in [0.29, 0.717) is 0 Å². The van der Waals surface area contributed by atoms with Gasteiger partial charge >= 0.3 is 0 Å². The Kier molecular flexibility index (Phi) is 12.9. The van der Waals surface area contributed by atoms with Crippen molar-refractivity contribution in [1.82, 2.24) is 0 Å². The van der Waals surface area contributed by atoms with Gasteiger partial charge < -0.3 is 10.9 Å². The molecule has 2 N–H and O–H groups in total. The van der Waals surface area contributed by atoms with Crippen LogP contribution in [0.5, 0.6) is 0 Å². The van der Waals surface area contributed by atoms with Gasteiger partial charge in [-0.2, -0.15) is 0 Å². The van der Waals surface area contributed by atoms with Gasteiger partial charge in [-0.3, -0.25) is 0 Å². The molecule has 0 aliphatic heterocycles. The van der Waals surface area contributed by atoms with Crippen LogP contribution in [0.4, 0.5) is 11.4 Å². The van der Waals surface area contributed by atoms with E-state index in [1.54, 1.807) is 0 Å². The van der Waals surface area contributed by atoms with Gasteiger partial charge in [-0.15, -0.1) is 0 Å². The lowest BCUT2D eigenvalue weighted by Crippen LogP contribution is -2.09. The summed E-state index contributed by atoms with van der Waals surface area (Å²) in [4.78, 5) is 0. The fourth-order valence-electron chi connectivity index (χ4n) is 4.16. The third kappa shape index (κ3) is 10.8. The predicted octanol–water partition coefficient (Wildman–Crippen LogP) is 9.24. The number of rotatable bonds is 17. The zero-order chi connectivity index (χ0) is 22.2. The van der Waals surface area contributed by atoms with Gasteiger partial charge in [-0.05, 0) is 73.6 Å². The Labute approximate surface area is 192 Å². The summed E-state index contributed by atoms with van der Waals surface area (Å²) in [5.74, 6) is 0. The molecule has 2 aromatic rings. The molecular formula is C29H46N2. The minimum Gasteiger partial charge on any atom is -0.301 e. The first kappa shape index (κ1) is 25.3. The Morgan fingerprint density at radius 2 is 1.06 bits per heavy atom. The molecular weight excluding hydrogens is 376 g/mol. The molecule has 0 atom stereocenters. The molecule has 0 heterocycles. The van der Waals surface area contributed by atoms with E-state index in [0.717, 1.165) is 11.4 Å². The van der Waals surface area contributed by atoms with Gasteiger partial charge in [0.1, 0.15) is 0 Å². The van der Waals surface area contributed by atoms with Crippen LogP contribution < -0.4 is 10.9 Å². The van der Waals surface area contributed by atoms with Crippen LogP contribution in [0.3, 0.4) is 0 Å². The monoisotopic (exact) mass is 422 g/mol. The van der Waals surface area contributed by atoms with E-state index < -0.39 is 0 Å². The van der Waals surface area contributed by atoms with Gasteiger partial charge in [0, 0.05) is 0 Å². The van der Waals surface area contributed by atoms with Crippen LogP contribution in [-0.2, 0) is 12.8 Å². The number of aryl methyl sites for hydroxylation is 3. The minimum absolute atomic E-state index is 1.11. The molecule has 0 unspecified atom stereocenters. The lowest BCUT2D eigenvalue weighted by molar-refractivity contribution is 0.607. The molecule has 0 aromatic heterocycles. The molecule has 2 rings (SSSR count). The van der Waals surface area contributed by atoms with Crippen molar-refractivity contribution in [2.75, 3.05) is 10.9 Å². The smallest absolute Gasteiger partial charge is 0.0542 e. The molecule has 2 aromatic carbocycles. The molecule has 0 saturated carbocycles. The standard InChI is InChI=1S/C29H46N2/c1-4-6-8-10-12-14-16-26-18-21-28(22-19-26)30-31-29-23-20-27(25(3)24-29)17-15-13-11-9-7-5-2/h18-24,30-31H,4-17H2,1-3H3. The molecule has 0 fully saturated rings. The van der Waals surface area contributed by atoms with E-state index in [4.69, 9.17) is 0 Å². The van der Waals surface area contributed by atoms with Gasteiger partial charge in [0.25, 0.3) is 0 Å². The maximum atomic E-state index is 3.36. The molecule has 0 bridgehead atoms. The van der Waals surface area contributed by atoms with E-state index >= 15 is 0 Å². The van der Waals surface area contributed by atoms with Crippen molar-refractivity contribution in [3.63, 3.8) is 0 Å². The summed E-state index contributed by atoms with van der Waals surface area (Å²) in [6, 6.07) is 15.6. The molecule has 0 amide bonds. The molecule has 2 heteroatoms. The van der Waals surface area contributed by atoms with Gasteiger partial charge in [-0.25, -0.2) is 0 Å². The quantitative estimate of drug-likeness (QED) is 0.196. The van der Waals surface area contributed by atoms with Crippen molar-refractivity contribution >= 4 is 11.4 Å². The van der Waals surface area contributed by atoms with Crippen LogP contribution in [0.1, 0.15) is 108 Å². The zero-order valence-corrected chi connectivity index (χ0v) is 20.4. The maximum Gasteiger partial charge on any atom is 0.0542 e. The third-order valence-electron chi connectivity index (χ3n) is 6.27. The van der Waals surface area contributed by atoms with Gasteiger partial charge in [0.05, 0.1) is 11.4 Å². The molecule has 0 aliphatic rings. The van der Waals surface area contributed by atoms with E-state index in [2.05, 4.69) is 74.1 Å². The number of hydrogen-bond donors (Lipinski definition) is 2. The van der Waals surface area contributed by atoms with E-state index in [1.165, 1.54) is 107 Å². The summed E-state index contributed by atoms with van der Waals surface area (Å²) in [5, 5.41) is 0. The van der Waals surface area contributed by atoms with E-state index in [-0.39, 0.29) is 0 Å². The number of anilines is 2. The van der Waals surface area contributed by atoms with Gasteiger partial charge in [-0.1, -0.05) is 96.3 Å². The highest BCUT2D eigenvalue weighted by Gasteiger charge is 2.02. The van der Waals surface area contributed by atoms with Crippen LogP contribution in [0.25, 0.3) is 0 Å². The second-order valence-electron chi connectivity index (χ2n) is 9.12. The van der Waals surface area contributed by atoms with Crippen molar-refractivity contribution in [3.8, 4) is 0 Å². The highest BCUT2D eigenvalue weighted by Crippen LogP contribution is 2.19. The van der Waals surface area contributed by atoms with Crippen LogP contribution >= 0.6 is 0 Å². The van der Waals surface area contributed by atoms with Gasteiger partial charge in [0.15, 0.2) is 0 Å². The zero-order valence-electron chi connectivity index (χ0n) is 20.4. The Morgan fingerprint density at radius 3 is 1.68 bits per heavy atom. The minimum atomic E-state index is 1.11. The summed E-state index contributed by atoms with van der Waals surface area (Å²) < 4.78 is 0. The third-order valence-corrected chi connectivity index (χ3v) is 6.27. The molecule has 0 aliphatic carbocycles. The topological polar surface area (TPSA) is 24.1 Å². The summed E-state index contributed by atoms with van der Waals surface area (Å²) in [7, 11) is 0. The van der Waals surface area contributed by atoms with Crippen LogP contribution in [0.15, 0.2) is 42.5 Å². The fourth-order valence-corrected chi connectivity index (χ4v) is 4.16. The average Bonchev–Trinajstić information content (AvgIpc) is 2.79. The van der Waals surface area contributed by atoms with Crippen LogP contribution in [0.2, 0.25) is 0 Å². The Morgan fingerprint density at radius 1 is 0.548 bits per heavy atom. The largest absolute Gasteiger partial charge is 0.301 e. The first-order valence-corrected chi connectivity index (χ1v) is 12.9.